The Labute approximate surface area is 160 Å². The van der Waals surface area contributed by atoms with E-state index in [1.807, 2.05) is 6.07 Å². The van der Waals surface area contributed by atoms with Crippen LogP contribution in [0.15, 0.2) is 36.1 Å². The van der Waals surface area contributed by atoms with Gasteiger partial charge in [-0.3, -0.25) is 0 Å². The summed E-state index contributed by atoms with van der Waals surface area (Å²) in [7, 11) is 1.53. The zero-order chi connectivity index (χ0) is 15.7. The molecule has 0 radical (unpaired) electrons. The van der Waals surface area contributed by atoms with Crippen LogP contribution < -0.4 is 9.47 Å². The Balaban J connectivity index is 2.56. The standard InChI is InChI=1S/C13H7Br4ClO3/c1-20-12-7(16)2-5(14)3-9(12)21-13-8(19)4-6(15)11(18)10(13)17/h2-4,19H,1H3. The fourth-order valence-electron chi connectivity index (χ4n) is 1.58. The average molecular weight is 566 g/mol. The molecular formula is C13H7Br4ClO3. The van der Waals surface area contributed by atoms with Gasteiger partial charge in [0.15, 0.2) is 23.0 Å². The van der Waals surface area contributed by atoms with Gasteiger partial charge in [0.25, 0.3) is 0 Å². The molecule has 0 aromatic heterocycles. The summed E-state index contributed by atoms with van der Waals surface area (Å²) in [6.45, 7) is 0. The van der Waals surface area contributed by atoms with Gasteiger partial charge in [0.05, 0.1) is 21.1 Å². The maximum atomic E-state index is 10.1. The van der Waals surface area contributed by atoms with E-state index in [2.05, 4.69) is 63.7 Å². The summed E-state index contributed by atoms with van der Waals surface area (Å²) in [4.78, 5) is 0. The summed E-state index contributed by atoms with van der Waals surface area (Å²) >= 11 is 19.5. The van der Waals surface area contributed by atoms with Crippen molar-refractivity contribution in [1.29, 1.82) is 0 Å². The number of rotatable bonds is 3. The Hall–Kier alpha value is 0.0500. The molecule has 1 N–H and O–H groups in total. The molecule has 0 heterocycles. The van der Waals surface area contributed by atoms with Gasteiger partial charge in [0.1, 0.15) is 0 Å². The second-order valence-corrected chi connectivity index (χ2v) is 7.65. The van der Waals surface area contributed by atoms with Crippen LogP contribution in [0, 0.1) is 0 Å². The Morgan fingerprint density at radius 1 is 1.00 bits per heavy atom. The molecule has 8 heteroatoms. The van der Waals surface area contributed by atoms with Gasteiger partial charge in [0, 0.05) is 8.95 Å². The molecule has 112 valence electrons. The van der Waals surface area contributed by atoms with Crippen LogP contribution in [0.5, 0.6) is 23.0 Å². The number of halogens is 5. The average Bonchev–Trinajstić information content (AvgIpc) is 2.41. The lowest BCUT2D eigenvalue weighted by molar-refractivity contribution is 0.363. The maximum absolute atomic E-state index is 10.1. The van der Waals surface area contributed by atoms with Gasteiger partial charge >= 0.3 is 0 Å². The van der Waals surface area contributed by atoms with Crippen molar-refractivity contribution in [2.45, 2.75) is 0 Å². The number of phenols is 1. The smallest absolute Gasteiger partial charge is 0.184 e. The highest BCUT2D eigenvalue weighted by atomic mass is 79.9. The second kappa shape index (κ2) is 7.08. The molecule has 0 saturated heterocycles. The minimum Gasteiger partial charge on any atom is -0.504 e. The fourth-order valence-corrected chi connectivity index (χ4v) is 4.25. The third-order valence-corrected chi connectivity index (χ3v) is 5.77. The van der Waals surface area contributed by atoms with E-state index in [-0.39, 0.29) is 11.5 Å². The van der Waals surface area contributed by atoms with Crippen LogP contribution in [0.25, 0.3) is 0 Å². The van der Waals surface area contributed by atoms with E-state index in [0.29, 0.717) is 29.9 Å². The monoisotopic (exact) mass is 562 g/mol. The van der Waals surface area contributed by atoms with E-state index >= 15 is 0 Å². The van der Waals surface area contributed by atoms with E-state index < -0.39 is 0 Å². The van der Waals surface area contributed by atoms with Crippen molar-refractivity contribution >= 4 is 75.3 Å². The van der Waals surface area contributed by atoms with Crippen molar-refractivity contribution in [3.8, 4) is 23.0 Å². The van der Waals surface area contributed by atoms with Crippen LogP contribution in [0.3, 0.4) is 0 Å². The van der Waals surface area contributed by atoms with Gasteiger partial charge in [0.2, 0.25) is 0 Å². The van der Waals surface area contributed by atoms with Crippen molar-refractivity contribution in [2.75, 3.05) is 7.11 Å². The molecule has 2 aromatic rings. The Morgan fingerprint density at radius 3 is 2.29 bits per heavy atom. The Morgan fingerprint density at radius 2 is 1.67 bits per heavy atom. The summed E-state index contributed by atoms with van der Waals surface area (Å²) in [5.41, 5.74) is 0. The number of ether oxygens (including phenoxy) is 2. The lowest BCUT2D eigenvalue weighted by atomic mass is 10.3. The molecule has 0 spiro atoms. The molecule has 2 aromatic carbocycles. The first-order valence-corrected chi connectivity index (χ1v) is 8.97. The van der Waals surface area contributed by atoms with Gasteiger partial charge in [-0.1, -0.05) is 27.5 Å². The first-order chi connectivity index (χ1) is 9.85. The summed E-state index contributed by atoms with van der Waals surface area (Å²) in [5.74, 6) is 1.07. The zero-order valence-corrected chi connectivity index (χ0v) is 17.5. The Kier molecular flexibility index (Phi) is 5.87. The van der Waals surface area contributed by atoms with Crippen molar-refractivity contribution in [3.05, 3.63) is 41.1 Å². The van der Waals surface area contributed by atoms with Crippen LogP contribution in [0.2, 0.25) is 5.02 Å². The van der Waals surface area contributed by atoms with Crippen LogP contribution in [0.4, 0.5) is 0 Å². The molecule has 0 aliphatic rings. The highest BCUT2D eigenvalue weighted by molar-refractivity contribution is 9.11. The number of benzene rings is 2. The summed E-state index contributed by atoms with van der Waals surface area (Å²) in [6, 6.07) is 5.02. The quantitative estimate of drug-likeness (QED) is 0.412. The first kappa shape index (κ1) is 17.4. The highest BCUT2D eigenvalue weighted by Gasteiger charge is 2.19. The fraction of sp³-hybridized carbons (Fsp3) is 0.0769. The van der Waals surface area contributed by atoms with E-state index in [1.165, 1.54) is 13.2 Å². The van der Waals surface area contributed by atoms with Gasteiger partial charge in [-0.2, -0.15) is 0 Å². The van der Waals surface area contributed by atoms with Crippen LogP contribution >= 0.6 is 75.3 Å². The topological polar surface area (TPSA) is 38.7 Å². The first-order valence-electron chi connectivity index (χ1n) is 5.42. The minimum absolute atomic E-state index is 0.0590. The molecule has 0 aliphatic heterocycles. The lowest BCUT2D eigenvalue weighted by Gasteiger charge is -2.15. The Bertz CT molecular complexity index is 707. The molecule has 0 saturated carbocycles. The van der Waals surface area contributed by atoms with E-state index in [1.54, 1.807) is 6.07 Å². The van der Waals surface area contributed by atoms with Crippen LogP contribution in [0.1, 0.15) is 0 Å². The van der Waals surface area contributed by atoms with Gasteiger partial charge in [-0.25, -0.2) is 0 Å². The predicted molar refractivity (Wildman–Crippen MR) is 97.0 cm³/mol. The molecule has 0 aliphatic carbocycles. The molecule has 0 atom stereocenters. The summed E-state index contributed by atoms with van der Waals surface area (Å²) in [6.07, 6.45) is 0. The largest absolute Gasteiger partial charge is 0.504 e. The number of hydrogen-bond acceptors (Lipinski definition) is 3. The van der Waals surface area contributed by atoms with Crippen molar-refractivity contribution in [3.63, 3.8) is 0 Å². The molecule has 3 nitrogen and oxygen atoms in total. The number of aromatic hydroxyl groups is 1. The third-order valence-electron chi connectivity index (χ3n) is 2.49. The molecular weight excluding hydrogens is 559 g/mol. The summed E-state index contributed by atoms with van der Waals surface area (Å²) < 4.78 is 13.6. The molecule has 0 fully saturated rings. The summed E-state index contributed by atoms with van der Waals surface area (Å²) in [5, 5.41) is 10.5. The SMILES string of the molecule is COc1c(Br)cc(Br)cc1Oc1c(O)cc(Br)c(Cl)c1Br. The van der Waals surface area contributed by atoms with Gasteiger partial charge in [-0.05, 0) is 66.0 Å². The molecule has 0 bridgehead atoms. The van der Waals surface area contributed by atoms with E-state index in [9.17, 15) is 5.11 Å². The second-order valence-electron chi connectivity index (χ2n) is 3.86. The normalized spacial score (nSPS) is 10.6. The molecule has 2 rings (SSSR count). The minimum atomic E-state index is -0.0590. The number of phenolic OH excluding ortho intramolecular Hbond substituents is 1. The maximum Gasteiger partial charge on any atom is 0.184 e. The van der Waals surface area contributed by atoms with E-state index in [4.69, 9.17) is 21.1 Å². The number of methoxy groups -OCH3 is 1. The van der Waals surface area contributed by atoms with Gasteiger partial charge < -0.3 is 14.6 Å². The lowest BCUT2D eigenvalue weighted by Crippen LogP contribution is -1.93. The highest BCUT2D eigenvalue weighted by Crippen LogP contribution is 2.48. The van der Waals surface area contributed by atoms with Crippen molar-refractivity contribution < 1.29 is 14.6 Å². The van der Waals surface area contributed by atoms with E-state index in [0.717, 1.165) is 4.47 Å². The van der Waals surface area contributed by atoms with Crippen molar-refractivity contribution in [1.82, 2.24) is 0 Å². The van der Waals surface area contributed by atoms with Crippen LogP contribution in [-0.2, 0) is 0 Å². The predicted octanol–water partition coefficient (Wildman–Crippen LogP) is 6.90. The third kappa shape index (κ3) is 3.69. The molecule has 0 amide bonds. The number of hydrogen-bond donors (Lipinski definition) is 1. The molecule has 21 heavy (non-hydrogen) atoms. The van der Waals surface area contributed by atoms with Crippen molar-refractivity contribution in [2.24, 2.45) is 0 Å². The molecule has 0 unspecified atom stereocenters. The zero-order valence-electron chi connectivity index (χ0n) is 10.4. The van der Waals surface area contributed by atoms with Crippen LogP contribution in [-0.4, -0.2) is 12.2 Å². The van der Waals surface area contributed by atoms with Gasteiger partial charge in [-0.15, -0.1) is 0 Å².